The van der Waals surface area contributed by atoms with Crippen molar-refractivity contribution in [3.63, 3.8) is 0 Å². The number of halogens is 1. The summed E-state index contributed by atoms with van der Waals surface area (Å²) >= 11 is 3.36. The molecule has 1 aromatic carbocycles. The Morgan fingerprint density at radius 2 is 2.31 bits per heavy atom. The average molecular weight is 288 g/mol. The smallest absolute Gasteiger partial charge is 0.303 e. The first kappa shape index (κ1) is 13.0. The molecule has 0 saturated heterocycles. The summed E-state index contributed by atoms with van der Waals surface area (Å²) < 4.78 is 6.05. The van der Waals surface area contributed by atoms with E-state index < -0.39 is 5.97 Å². The summed E-state index contributed by atoms with van der Waals surface area (Å²) in [5.74, 6) is -0.176. The summed E-state index contributed by atoms with van der Waals surface area (Å²) in [6.07, 6.45) is 0.443. The molecule has 1 rings (SSSR count). The average Bonchev–Trinajstić information content (AvgIpc) is 2.25. The Morgan fingerprint density at radius 1 is 1.62 bits per heavy atom. The van der Waals surface area contributed by atoms with Crippen LogP contribution in [0.1, 0.15) is 24.4 Å². The standard InChI is InChI=1S/C11H14BrNO3/c1-16-11-7(3-2-4-8(11)12)9(13)5-6-10(14)15/h2-4,9H,5-6,13H2,1H3,(H,14,15). The quantitative estimate of drug-likeness (QED) is 0.872. The fraction of sp³-hybridized carbons (Fsp3) is 0.364. The van der Waals surface area contributed by atoms with Crippen LogP contribution in [0.4, 0.5) is 0 Å². The van der Waals surface area contributed by atoms with Gasteiger partial charge in [0.15, 0.2) is 0 Å². The van der Waals surface area contributed by atoms with Gasteiger partial charge in [-0.3, -0.25) is 4.79 Å². The lowest BCUT2D eigenvalue weighted by atomic mass is 10.0. The minimum absolute atomic E-state index is 0.0524. The number of methoxy groups -OCH3 is 1. The fourth-order valence-corrected chi connectivity index (χ4v) is 2.01. The van der Waals surface area contributed by atoms with Crippen LogP contribution in [0, 0.1) is 0 Å². The van der Waals surface area contributed by atoms with Crippen LogP contribution in [0.3, 0.4) is 0 Å². The third-order valence-corrected chi connectivity index (χ3v) is 2.89. The van der Waals surface area contributed by atoms with Gasteiger partial charge in [0.25, 0.3) is 0 Å². The van der Waals surface area contributed by atoms with Crippen molar-refractivity contribution in [3.8, 4) is 5.75 Å². The van der Waals surface area contributed by atoms with Gasteiger partial charge < -0.3 is 15.6 Å². The van der Waals surface area contributed by atoms with Crippen molar-refractivity contribution in [1.29, 1.82) is 0 Å². The van der Waals surface area contributed by atoms with E-state index in [4.69, 9.17) is 15.6 Å². The predicted molar refractivity (Wildman–Crippen MR) is 64.5 cm³/mol. The molecule has 16 heavy (non-hydrogen) atoms. The van der Waals surface area contributed by atoms with Crippen LogP contribution < -0.4 is 10.5 Å². The van der Waals surface area contributed by atoms with Crippen LogP contribution in [-0.2, 0) is 4.79 Å². The molecule has 3 N–H and O–H groups in total. The number of hydrogen-bond acceptors (Lipinski definition) is 3. The lowest BCUT2D eigenvalue weighted by Gasteiger charge is -2.15. The molecule has 1 atom stereocenters. The molecule has 88 valence electrons. The second-order valence-corrected chi connectivity index (χ2v) is 4.26. The van der Waals surface area contributed by atoms with Crippen LogP contribution in [0.15, 0.2) is 22.7 Å². The SMILES string of the molecule is COc1c(Br)cccc1C(N)CCC(=O)O. The normalized spacial score (nSPS) is 12.2. The zero-order valence-corrected chi connectivity index (χ0v) is 10.5. The highest BCUT2D eigenvalue weighted by Gasteiger charge is 2.15. The number of carbonyl (C=O) groups is 1. The molecule has 0 bridgehead atoms. The van der Waals surface area contributed by atoms with Crippen molar-refractivity contribution in [2.75, 3.05) is 7.11 Å². The van der Waals surface area contributed by atoms with E-state index in [1.807, 2.05) is 18.2 Å². The molecule has 0 spiro atoms. The van der Waals surface area contributed by atoms with E-state index >= 15 is 0 Å². The van der Waals surface area contributed by atoms with Crippen molar-refractivity contribution in [1.82, 2.24) is 0 Å². The molecule has 1 aromatic rings. The highest BCUT2D eigenvalue weighted by molar-refractivity contribution is 9.10. The Hall–Kier alpha value is -1.07. The largest absolute Gasteiger partial charge is 0.495 e. The molecule has 5 heteroatoms. The molecule has 0 radical (unpaired) electrons. The number of hydrogen-bond donors (Lipinski definition) is 2. The summed E-state index contributed by atoms with van der Waals surface area (Å²) in [5.41, 5.74) is 6.74. The summed E-state index contributed by atoms with van der Waals surface area (Å²) in [7, 11) is 1.56. The van der Waals surface area contributed by atoms with E-state index in [1.54, 1.807) is 7.11 Å². The number of aliphatic carboxylic acids is 1. The van der Waals surface area contributed by atoms with E-state index in [0.717, 1.165) is 10.0 Å². The van der Waals surface area contributed by atoms with Crippen LogP contribution in [0.2, 0.25) is 0 Å². The molecule has 0 aromatic heterocycles. The van der Waals surface area contributed by atoms with E-state index in [-0.39, 0.29) is 12.5 Å². The number of para-hydroxylation sites is 1. The molecule has 0 fully saturated rings. The van der Waals surface area contributed by atoms with E-state index in [1.165, 1.54) is 0 Å². The summed E-state index contributed by atoms with van der Waals surface area (Å²) in [6.45, 7) is 0. The van der Waals surface area contributed by atoms with Gasteiger partial charge in [0, 0.05) is 18.0 Å². The van der Waals surface area contributed by atoms with Crippen LogP contribution in [0.25, 0.3) is 0 Å². The Bertz CT molecular complexity index is 381. The summed E-state index contributed by atoms with van der Waals surface area (Å²) in [4.78, 5) is 10.5. The number of benzene rings is 1. The molecule has 0 aliphatic carbocycles. The van der Waals surface area contributed by atoms with Crippen LogP contribution in [-0.4, -0.2) is 18.2 Å². The molecule has 0 saturated carbocycles. The monoisotopic (exact) mass is 287 g/mol. The molecular weight excluding hydrogens is 274 g/mol. The molecule has 1 unspecified atom stereocenters. The van der Waals surface area contributed by atoms with Gasteiger partial charge in [-0.1, -0.05) is 12.1 Å². The van der Waals surface area contributed by atoms with Crippen LogP contribution in [0.5, 0.6) is 5.75 Å². The highest BCUT2D eigenvalue weighted by atomic mass is 79.9. The van der Waals surface area contributed by atoms with Crippen molar-refractivity contribution < 1.29 is 14.6 Å². The first-order chi connectivity index (χ1) is 7.56. The molecule has 4 nitrogen and oxygen atoms in total. The van der Waals surface area contributed by atoms with Gasteiger partial charge in [-0.25, -0.2) is 0 Å². The molecule has 0 heterocycles. The predicted octanol–water partition coefficient (Wildman–Crippen LogP) is 2.32. The summed E-state index contributed by atoms with van der Waals surface area (Å²) in [6, 6.07) is 5.22. The Balaban J connectivity index is 2.85. The zero-order valence-electron chi connectivity index (χ0n) is 8.94. The van der Waals surface area contributed by atoms with Gasteiger partial charge >= 0.3 is 5.97 Å². The summed E-state index contributed by atoms with van der Waals surface area (Å²) in [5, 5.41) is 8.59. The third-order valence-electron chi connectivity index (χ3n) is 2.27. The second kappa shape index (κ2) is 5.86. The lowest BCUT2D eigenvalue weighted by molar-refractivity contribution is -0.137. The number of nitrogens with two attached hydrogens (primary N) is 1. The first-order valence-electron chi connectivity index (χ1n) is 4.86. The van der Waals surface area contributed by atoms with Gasteiger partial charge in [-0.05, 0) is 28.4 Å². The molecule has 0 aliphatic heterocycles. The van der Waals surface area contributed by atoms with Crippen LogP contribution >= 0.6 is 15.9 Å². The Morgan fingerprint density at radius 3 is 2.88 bits per heavy atom. The minimum Gasteiger partial charge on any atom is -0.495 e. The molecule has 0 amide bonds. The maximum Gasteiger partial charge on any atom is 0.303 e. The van der Waals surface area contributed by atoms with Crippen molar-refractivity contribution in [2.24, 2.45) is 5.73 Å². The van der Waals surface area contributed by atoms with Gasteiger partial charge in [-0.2, -0.15) is 0 Å². The third kappa shape index (κ3) is 3.21. The van der Waals surface area contributed by atoms with Gasteiger partial charge in [0.05, 0.1) is 11.6 Å². The fourth-order valence-electron chi connectivity index (χ4n) is 1.47. The van der Waals surface area contributed by atoms with E-state index in [2.05, 4.69) is 15.9 Å². The number of ether oxygens (including phenoxy) is 1. The van der Waals surface area contributed by atoms with Gasteiger partial charge in [0.1, 0.15) is 5.75 Å². The maximum atomic E-state index is 10.5. The topological polar surface area (TPSA) is 72.5 Å². The van der Waals surface area contributed by atoms with E-state index in [9.17, 15) is 4.79 Å². The van der Waals surface area contributed by atoms with Gasteiger partial charge in [-0.15, -0.1) is 0 Å². The Labute approximate surface area is 103 Å². The highest BCUT2D eigenvalue weighted by Crippen LogP contribution is 2.33. The second-order valence-electron chi connectivity index (χ2n) is 3.40. The number of rotatable bonds is 5. The molecular formula is C11H14BrNO3. The van der Waals surface area contributed by atoms with Crippen molar-refractivity contribution >= 4 is 21.9 Å². The minimum atomic E-state index is -0.843. The van der Waals surface area contributed by atoms with E-state index in [0.29, 0.717) is 12.2 Å². The van der Waals surface area contributed by atoms with Crippen molar-refractivity contribution in [3.05, 3.63) is 28.2 Å². The maximum absolute atomic E-state index is 10.5. The lowest BCUT2D eigenvalue weighted by Crippen LogP contribution is -2.13. The first-order valence-corrected chi connectivity index (χ1v) is 5.65. The number of carboxylic acid groups (broad SMARTS) is 1. The van der Waals surface area contributed by atoms with Crippen molar-refractivity contribution in [2.45, 2.75) is 18.9 Å². The molecule has 0 aliphatic rings. The zero-order chi connectivity index (χ0) is 12.1. The van der Waals surface area contributed by atoms with Gasteiger partial charge in [0.2, 0.25) is 0 Å². The Kier molecular flexibility index (Phi) is 4.76. The number of carboxylic acids is 1.